The number of aliphatic hydroxyl groups is 1. The number of rotatable bonds is 6. The van der Waals surface area contributed by atoms with E-state index in [0.29, 0.717) is 5.75 Å². The first-order valence-electron chi connectivity index (χ1n) is 6.91. The average Bonchev–Trinajstić information content (AvgIpc) is 2.56. The number of esters is 1. The fourth-order valence-corrected chi connectivity index (χ4v) is 1.93. The predicted molar refractivity (Wildman–Crippen MR) is 79.0 cm³/mol. The van der Waals surface area contributed by atoms with Gasteiger partial charge in [-0.1, -0.05) is 18.2 Å². The first-order valence-corrected chi connectivity index (χ1v) is 6.91. The van der Waals surface area contributed by atoms with E-state index in [1.807, 2.05) is 0 Å². The number of benzene rings is 2. The molecule has 1 N–H and O–H groups in total. The van der Waals surface area contributed by atoms with Crippen LogP contribution in [0.4, 0.5) is 8.78 Å². The molecular weight excluding hydrogens is 306 g/mol. The van der Waals surface area contributed by atoms with Gasteiger partial charge in [0.1, 0.15) is 18.5 Å². The van der Waals surface area contributed by atoms with Gasteiger partial charge in [0.15, 0.2) is 11.6 Å². The molecule has 2 rings (SSSR count). The topological polar surface area (TPSA) is 55.8 Å². The number of aliphatic hydroxyl groups excluding tert-OH is 1. The van der Waals surface area contributed by atoms with E-state index >= 15 is 0 Å². The molecule has 0 aliphatic rings. The van der Waals surface area contributed by atoms with Crippen molar-refractivity contribution in [3.05, 3.63) is 65.2 Å². The fraction of sp³-hybridized carbons (Fsp3) is 0.235. The Labute approximate surface area is 132 Å². The smallest absolute Gasteiger partial charge is 0.309 e. The zero-order valence-corrected chi connectivity index (χ0v) is 12.5. The molecule has 122 valence electrons. The summed E-state index contributed by atoms with van der Waals surface area (Å²) in [6.45, 7) is -0.110. The average molecular weight is 322 g/mol. The Morgan fingerprint density at radius 1 is 1.13 bits per heavy atom. The van der Waals surface area contributed by atoms with Gasteiger partial charge in [-0.15, -0.1) is 0 Å². The minimum Gasteiger partial charge on any atom is -0.491 e. The van der Waals surface area contributed by atoms with E-state index in [4.69, 9.17) is 4.74 Å². The lowest BCUT2D eigenvalue weighted by Crippen LogP contribution is -2.10. The first-order chi connectivity index (χ1) is 11.0. The molecule has 0 bridgehead atoms. The fourth-order valence-electron chi connectivity index (χ4n) is 1.93. The maximum absolute atomic E-state index is 13.1. The highest BCUT2D eigenvalue weighted by Gasteiger charge is 2.12. The molecule has 1 atom stereocenters. The number of hydrogen-bond acceptors (Lipinski definition) is 4. The van der Waals surface area contributed by atoms with Crippen LogP contribution in [0.5, 0.6) is 5.75 Å². The molecule has 2 aromatic rings. The van der Waals surface area contributed by atoms with Gasteiger partial charge in [0.25, 0.3) is 0 Å². The maximum atomic E-state index is 13.1. The van der Waals surface area contributed by atoms with E-state index in [0.717, 1.165) is 17.7 Å². The minimum absolute atomic E-state index is 0.110. The number of hydrogen-bond donors (Lipinski definition) is 1. The second kappa shape index (κ2) is 7.69. The Morgan fingerprint density at radius 2 is 1.83 bits per heavy atom. The third-order valence-corrected chi connectivity index (χ3v) is 3.24. The van der Waals surface area contributed by atoms with Crippen LogP contribution in [0.1, 0.15) is 17.2 Å². The van der Waals surface area contributed by atoms with Crippen LogP contribution in [0.15, 0.2) is 42.5 Å². The van der Waals surface area contributed by atoms with Crippen molar-refractivity contribution in [2.24, 2.45) is 0 Å². The number of carbonyl (C=O) groups is 1. The molecule has 0 amide bonds. The quantitative estimate of drug-likeness (QED) is 0.831. The third kappa shape index (κ3) is 4.75. The molecule has 1 unspecified atom stereocenters. The molecule has 4 nitrogen and oxygen atoms in total. The number of methoxy groups -OCH3 is 1. The second-order valence-corrected chi connectivity index (χ2v) is 4.90. The van der Waals surface area contributed by atoms with Gasteiger partial charge in [-0.3, -0.25) is 4.79 Å². The van der Waals surface area contributed by atoms with Crippen molar-refractivity contribution in [3.8, 4) is 5.75 Å². The molecule has 0 aliphatic carbocycles. The third-order valence-electron chi connectivity index (χ3n) is 3.24. The molecule has 0 spiro atoms. The Balaban J connectivity index is 1.92. The zero-order valence-electron chi connectivity index (χ0n) is 12.5. The molecule has 0 aliphatic heterocycles. The van der Waals surface area contributed by atoms with Crippen LogP contribution in [0.2, 0.25) is 0 Å². The molecule has 0 heterocycles. The van der Waals surface area contributed by atoms with Crippen LogP contribution >= 0.6 is 0 Å². The summed E-state index contributed by atoms with van der Waals surface area (Å²) in [7, 11) is 1.32. The van der Waals surface area contributed by atoms with E-state index in [1.54, 1.807) is 24.3 Å². The van der Waals surface area contributed by atoms with Gasteiger partial charge >= 0.3 is 5.97 Å². The van der Waals surface area contributed by atoms with E-state index < -0.39 is 17.7 Å². The summed E-state index contributed by atoms with van der Waals surface area (Å²) in [5, 5.41) is 9.93. The van der Waals surface area contributed by atoms with Crippen LogP contribution in [0.25, 0.3) is 0 Å². The van der Waals surface area contributed by atoms with Crippen molar-refractivity contribution in [1.29, 1.82) is 0 Å². The maximum Gasteiger partial charge on any atom is 0.309 e. The lowest BCUT2D eigenvalue weighted by Gasteiger charge is -2.13. The van der Waals surface area contributed by atoms with Gasteiger partial charge in [-0.25, -0.2) is 8.78 Å². The SMILES string of the molecule is COC(=O)Cc1ccc(OCC(O)c2ccc(F)c(F)c2)cc1. The minimum atomic E-state index is -1.08. The predicted octanol–water partition coefficient (Wildman–Crippen LogP) is 2.79. The van der Waals surface area contributed by atoms with Gasteiger partial charge < -0.3 is 14.6 Å². The summed E-state index contributed by atoms with van der Waals surface area (Å²) in [6, 6.07) is 9.89. The zero-order chi connectivity index (χ0) is 16.8. The van der Waals surface area contributed by atoms with Gasteiger partial charge in [0.05, 0.1) is 13.5 Å². The molecule has 0 radical (unpaired) electrons. The molecule has 0 saturated carbocycles. The summed E-state index contributed by atoms with van der Waals surface area (Å²) in [6.07, 6.45) is -0.923. The summed E-state index contributed by atoms with van der Waals surface area (Å²) in [5.74, 6) is -1.84. The Hall–Kier alpha value is -2.47. The van der Waals surface area contributed by atoms with Crippen LogP contribution in [-0.2, 0) is 16.0 Å². The van der Waals surface area contributed by atoms with Crippen molar-refractivity contribution in [2.45, 2.75) is 12.5 Å². The molecule has 0 fully saturated rings. The highest BCUT2D eigenvalue weighted by molar-refractivity contribution is 5.72. The van der Waals surface area contributed by atoms with E-state index in [2.05, 4.69) is 4.74 Å². The highest BCUT2D eigenvalue weighted by atomic mass is 19.2. The van der Waals surface area contributed by atoms with Crippen LogP contribution in [0.3, 0.4) is 0 Å². The van der Waals surface area contributed by atoms with Crippen molar-refractivity contribution >= 4 is 5.97 Å². The van der Waals surface area contributed by atoms with E-state index in [9.17, 15) is 18.7 Å². The van der Waals surface area contributed by atoms with Gasteiger partial charge in [0.2, 0.25) is 0 Å². The van der Waals surface area contributed by atoms with E-state index in [1.165, 1.54) is 13.2 Å². The highest BCUT2D eigenvalue weighted by Crippen LogP contribution is 2.19. The van der Waals surface area contributed by atoms with Crippen molar-refractivity contribution in [3.63, 3.8) is 0 Å². The van der Waals surface area contributed by atoms with Crippen molar-refractivity contribution < 1.29 is 28.2 Å². The summed E-state index contributed by atoms with van der Waals surface area (Å²) >= 11 is 0. The molecule has 0 aromatic heterocycles. The number of ether oxygens (including phenoxy) is 2. The Bertz CT molecular complexity index is 671. The lowest BCUT2D eigenvalue weighted by atomic mass is 10.1. The molecule has 0 saturated heterocycles. The summed E-state index contributed by atoms with van der Waals surface area (Å²) in [4.78, 5) is 11.1. The molecule has 23 heavy (non-hydrogen) atoms. The van der Waals surface area contributed by atoms with Gasteiger partial charge in [-0.05, 0) is 35.4 Å². The Morgan fingerprint density at radius 3 is 2.43 bits per heavy atom. The molecule has 2 aromatic carbocycles. The van der Waals surface area contributed by atoms with Crippen LogP contribution in [0, 0.1) is 11.6 Å². The number of halogens is 2. The normalized spacial score (nSPS) is 11.8. The van der Waals surface area contributed by atoms with Gasteiger partial charge in [-0.2, -0.15) is 0 Å². The van der Waals surface area contributed by atoms with Crippen molar-refractivity contribution in [1.82, 2.24) is 0 Å². The first kappa shape index (κ1) is 16.9. The summed E-state index contributed by atoms with van der Waals surface area (Å²) < 4.78 is 35.9. The largest absolute Gasteiger partial charge is 0.491 e. The summed E-state index contributed by atoms with van der Waals surface area (Å²) in [5.41, 5.74) is 0.997. The standard InChI is InChI=1S/C17H16F2O4/c1-22-17(21)8-11-2-5-13(6-3-11)23-10-16(20)12-4-7-14(18)15(19)9-12/h2-7,9,16,20H,8,10H2,1H3. The van der Waals surface area contributed by atoms with E-state index in [-0.39, 0.29) is 24.6 Å². The van der Waals surface area contributed by atoms with Gasteiger partial charge in [0, 0.05) is 0 Å². The van der Waals surface area contributed by atoms with Crippen molar-refractivity contribution in [2.75, 3.05) is 13.7 Å². The monoisotopic (exact) mass is 322 g/mol. The van der Waals surface area contributed by atoms with Crippen LogP contribution in [-0.4, -0.2) is 24.8 Å². The Kier molecular flexibility index (Phi) is 5.65. The molecular formula is C17H16F2O4. The van der Waals surface area contributed by atoms with Crippen LogP contribution < -0.4 is 4.74 Å². The molecule has 6 heteroatoms. The number of carbonyl (C=O) groups excluding carboxylic acids is 1. The second-order valence-electron chi connectivity index (χ2n) is 4.90. The lowest BCUT2D eigenvalue weighted by molar-refractivity contribution is -0.139.